The summed E-state index contributed by atoms with van der Waals surface area (Å²) < 4.78 is 6.07. The van der Waals surface area contributed by atoms with Crippen LogP contribution in [-0.2, 0) is 4.79 Å². The number of rotatable bonds is 2. The number of nitriles is 2. The molecule has 1 amide bonds. The summed E-state index contributed by atoms with van der Waals surface area (Å²) in [5, 5.41) is 18.4. The van der Waals surface area contributed by atoms with Gasteiger partial charge in [0.1, 0.15) is 17.7 Å². The van der Waals surface area contributed by atoms with Crippen LogP contribution in [0.25, 0.3) is 0 Å². The maximum absolute atomic E-state index is 11.5. The molecule has 2 atom stereocenters. The predicted octanol–water partition coefficient (Wildman–Crippen LogP) is 1.24. The van der Waals surface area contributed by atoms with Crippen molar-refractivity contribution in [3.05, 3.63) is 39.7 Å². The summed E-state index contributed by atoms with van der Waals surface area (Å²) >= 11 is 3.30. The first-order valence-corrected chi connectivity index (χ1v) is 6.34. The molecule has 0 saturated carbocycles. The Hall–Kier alpha value is -2.51. The van der Waals surface area contributed by atoms with Gasteiger partial charge in [0.05, 0.1) is 17.6 Å². The number of amides is 1. The Kier molecular flexibility index (Phi) is 3.64. The van der Waals surface area contributed by atoms with Gasteiger partial charge in [-0.15, -0.1) is 0 Å². The minimum absolute atomic E-state index is 0.0287. The molecule has 2 unspecified atom stereocenters. The van der Waals surface area contributed by atoms with Gasteiger partial charge in [-0.2, -0.15) is 10.5 Å². The van der Waals surface area contributed by atoms with Crippen LogP contribution in [0.15, 0.2) is 34.1 Å². The van der Waals surface area contributed by atoms with Crippen LogP contribution in [0.2, 0.25) is 0 Å². The van der Waals surface area contributed by atoms with Gasteiger partial charge >= 0.3 is 0 Å². The minimum Gasteiger partial charge on any atom is -0.440 e. The van der Waals surface area contributed by atoms with Crippen molar-refractivity contribution in [2.24, 2.45) is 17.4 Å². The van der Waals surface area contributed by atoms with E-state index in [1.165, 1.54) is 0 Å². The number of carbonyl (C=O) groups is 1. The van der Waals surface area contributed by atoms with Crippen molar-refractivity contribution in [1.82, 2.24) is 0 Å². The first-order valence-electron chi connectivity index (χ1n) is 5.55. The number of halogens is 1. The third-order valence-electron chi connectivity index (χ3n) is 3.00. The van der Waals surface area contributed by atoms with Gasteiger partial charge in [0, 0.05) is 10.0 Å². The highest BCUT2D eigenvalue weighted by atomic mass is 79.9. The van der Waals surface area contributed by atoms with E-state index in [0.717, 1.165) is 4.47 Å². The lowest BCUT2D eigenvalue weighted by atomic mass is 9.79. The van der Waals surface area contributed by atoms with E-state index in [9.17, 15) is 10.1 Å². The molecule has 2 rings (SSSR count). The number of benzene rings is 1. The third kappa shape index (κ3) is 2.20. The van der Waals surface area contributed by atoms with Gasteiger partial charge in [0.15, 0.2) is 0 Å². The van der Waals surface area contributed by atoms with Crippen LogP contribution in [0, 0.1) is 28.6 Å². The lowest BCUT2D eigenvalue weighted by molar-refractivity contribution is -0.120. The number of nitrogens with zero attached hydrogens (tertiary/aromatic N) is 2. The van der Waals surface area contributed by atoms with Crippen LogP contribution in [0.3, 0.4) is 0 Å². The number of nitrogens with two attached hydrogens (primary N) is 2. The second-order valence-electron chi connectivity index (χ2n) is 4.16. The highest BCUT2D eigenvalue weighted by Crippen LogP contribution is 2.43. The Bertz CT molecular complexity index is 699. The van der Waals surface area contributed by atoms with Crippen molar-refractivity contribution in [2.45, 2.75) is 5.92 Å². The fourth-order valence-electron chi connectivity index (χ4n) is 2.11. The molecule has 0 aromatic heterocycles. The molecule has 1 aromatic carbocycles. The normalized spacial score (nSPS) is 18.2. The average Bonchev–Trinajstić information content (AvgIpc) is 2.40. The molecule has 1 aromatic rings. The summed E-state index contributed by atoms with van der Waals surface area (Å²) in [5.41, 5.74) is 11.5. The monoisotopic (exact) mass is 332 g/mol. The van der Waals surface area contributed by atoms with Gasteiger partial charge in [-0.1, -0.05) is 15.9 Å². The molecule has 0 bridgehead atoms. The number of allylic oxidation sites excluding steroid dienone is 1. The van der Waals surface area contributed by atoms with E-state index < -0.39 is 17.7 Å². The first kappa shape index (κ1) is 13.9. The second kappa shape index (κ2) is 5.24. The van der Waals surface area contributed by atoms with E-state index in [1.54, 1.807) is 18.2 Å². The maximum Gasteiger partial charge on any atom is 0.235 e. The second-order valence-corrected chi connectivity index (χ2v) is 5.08. The Morgan fingerprint density at radius 1 is 1.45 bits per heavy atom. The van der Waals surface area contributed by atoms with E-state index in [2.05, 4.69) is 15.9 Å². The van der Waals surface area contributed by atoms with Gasteiger partial charge in [-0.05, 0) is 18.2 Å². The van der Waals surface area contributed by atoms with Crippen LogP contribution in [-0.4, -0.2) is 5.91 Å². The number of carbonyl (C=O) groups excluding carboxylic acids is 1. The van der Waals surface area contributed by atoms with E-state index in [1.807, 2.05) is 12.1 Å². The summed E-state index contributed by atoms with van der Waals surface area (Å²) in [5.74, 6) is -2.56. The highest BCUT2D eigenvalue weighted by molar-refractivity contribution is 9.10. The zero-order valence-electron chi connectivity index (χ0n) is 10.1. The van der Waals surface area contributed by atoms with Crippen molar-refractivity contribution in [2.75, 3.05) is 0 Å². The zero-order valence-corrected chi connectivity index (χ0v) is 11.7. The Balaban J connectivity index is 2.69. The third-order valence-corrected chi connectivity index (χ3v) is 3.50. The standard InChI is InChI=1S/C13H9BrN4O2/c14-6-1-2-10-7(3-6)11(8(4-15)12(17)19)9(5-16)13(18)20-10/h1-3,8,11H,18H2,(H2,17,19). The Labute approximate surface area is 123 Å². The molecule has 1 aliphatic rings. The molecule has 7 heteroatoms. The topological polar surface area (TPSA) is 126 Å². The summed E-state index contributed by atoms with van der Waals surface area (Å²) in [6, 6.07) is 8.77. The van der Waals surface area contributed by atoms with Gasteiger partial charge in [-0.25, -0.2) is 0 Å². The molecule has 0 radical (unpaired) electrons. The SMILES string of the molecule is N#CC1=C(N)Oc2ccc(Br)cc2C1C(C#N)C(N)=O. The van der Waals surface area contributed by atoms with E-state index in [4.69, 9.17) is 21.5 Å². The van der Waals surface area contributed by atoms with Crippen molar-refractivity contribution >= 4 is 21.8 Å². The molecule has 0 saturated heterocycles. The smallest absolute Gasteiger partial charge is 0.235 e. The fourth-order valence-corrected chi connectivity index (χ4v) is 2.49. The molecule has 6 nitrogen and oxygen atoms in total. The predicted molar refractivity (Wildman–Crippen MR) is 72.6 cm³/mol. The van der Waals surface area contributed by atoms with Crippen molar-refractivity contribution < 1.29 is 9.53 Å². The summed E-state index contributed by atoms with van der Waals surface area (Å²) in [7, 11) is 0. The largest absolute Gasteiger partial charge is 0.440 e. The number of ether oxygens (including phenoxy) is 1. The number of hydrogen-bond acceptors (Lipinski definition) is 5. The summed E-state index contributed by atoms with van der Waals surface area (Å²) in [4.78, 5) is 11.5. The lowest BCUT2D eigenvalue weighted by Crippen LogP contribution is -2.32. The van der Waals surface area contributed by atoms with Crippen LogP contribution < -0.4 is 16.2 Å². The summed E-state index contributed by atoms with van der Waals surface area (Å²) in [6.45, 7) is 0. The highest BCUT2D eigenvalue weighted by Gasteiger charge is 2.38. The average molecular weight is 333 g/mol. The first-order chi connectivity index (χ1) is 9.49. The molecule has 0 aliphatic carbocycles. The van der Waals surface area contributed by atoms with Crippen LogP contribution in [0.4, 0.5) is 0 Å². The molecule has 0 spiro atoms. The van der Waals surface area contributed by atoms with Crippen molar-refractivity contribution in [3.8, 4) is 17.9 Å². The van der Waals surface area contributed by atoms with Crippen LogP contribution >= 0.6 is 15.9 Å². The number of fused-ring (bicyclic) bond motifs is 1. The minimum atomic E-state index is -1.19. The number of primary amides is 1. The van der Waals surface area contributed by atoms with Gasteiger partial charge < -0.3 is 16.2 Å². The zero-order chi connectivity index (χ0) is 14.9. The molecular formula is C13H9BrN4O2. The summed E-state index contributed by atoms with van der Waals surface area (Å²) in [6.07, 6.45) is 0. The lowest BCUT2D eigenvalue weighted by Gasteiger charge is -2.27. The molecule has 1 heterocycles. The Morgan fingerprint density at radius 2 is 2.15 bits per heavy atom. The van der Waals surface area contributed by atoms with Crippen molar-refractivity contribution in [3.63, 3.8) is 0 Å². The Morgan fingerprint density at radius 3 is 2.70 bits per heavy atom. The van der Waals surface area contributed by atoms with Crippen LogP contribution in [0.5, 0.6) is 5.75 Å². The van der Waals surface area contributed by atoms with E-state index >= 15 is 0 Å². The van der Waals surface area contributed by atoms with E-state index in [0.29, 0.717) is 11.3 Å². The van der Waals surface area contributed by atoms with Crippen LogP contribution in [0.1, 0.15) is 11.5 Å². The maximum atomic E-state index is 11.5. The van der Waals surface area contributed by atoms with Crippen molar-refractivity contribution in [1.29, 1.82) is 10.5 Å². The molecule has 4 N–H and O–H groups in total. The van der Waals surface area contributed by atoms with E-state index in [-0.39, 0.29) is 11.5 Å². The quantitative estimate of drug-likeness (QED) is 0.842. The van der Waals surface area contributed by atoms with Gasteiger partial charge in [0.25, 0.3) is 0 Å². The van der Waals surface area contributed by atoms with Gasteiger partial charge in [0.2, 0.25) is 11.8 Å². The molecule has 20 heavy (non-hydrogen) atoms. The fraction of sp³-hybridized carbons (Fsp3) is 0.154. The number of hydrogen-bond donors (Lipinski definition) is 2. The van der Waals surface area contributed by atoms with Gasteiger partial charge in [-0.3, -0.25) is 4.79 Å². The molecular weight excluding hydrogens is 324 g/mol. The molecule has 0 fully saturated rings. The molecule has 1 aliphatic heterocycles. The molecule has 100 valence electrons.